The Kier molecular flexibility index (Phi) is 9.97. The van der Waals surface area contributed by atoms with Crippen molar-refractivity contribution < 1.29 is 54.6 Å². The van der Waals surface area contributed by atoms with Crippen LogP contribution in [0.4, 0.5) is 35.1 Å². The molecule has 2 unspecified atom stereocenters. The summed E-state index contributed by atoms with van der Waals surface area (Å²) in [6.45, 7) is -0.574. The monoisotopic (exact) mass is 629 g/mol. The van der Waals surface area contributed by atoms with Crippen molar-refractivity contribution in [2.24, 2.45) is 5.92 Å². The summed E-state index contributed by atoms with van der Waals surface area (Å²) >= 11 is 0. The van der Waals surface area contributed by atoms with E-state index in [1.165, 1.54) is 53.4 Å². The number of carbonyl (C=O) groups is 2. The van der Waals surface area contributed by atoms with Crippen LogP contribution in [0.5, 0.6) is 0 Å². The van der Waals surface area contributed by atoms with Crippen LogP contribution in [0.25, 0.3) is 0 Å². The van der Waals surface area contributed by atoms with Gasteiger partial charge in [0.1, 0.15) is 11.6 Å². The number of nitrogens with zero attached hydrogens (tertiary/aromatic N) is 1. The molecule has 1 N–H and O–H groups in total. The second-order valence-corrected chi connectivity index (χ2v) is 10.5. The quantitative estimate of drug-likeness (QED) is 0.250. The first kappa shape index (κ1) is 32.9. The highest BCUT2D eigenvalue weighted by molar-refractivity contribution is 5.80. The molecule has 0 aromatic heterocycles. The van der Waals surface area contributed by atoms with Gasteiger partial charge in [0.15, 0.2) is 0 Å². The highest BCUT2D eigenvalue weighted by atomic mass is 19.4. The van der Waals surface area contributed by atoms with E-state index in [0.29, 0.717) is 23.3 Å². The third kappa shape index (κ3) is 8.34. The van der Waals surface area contributed by atoms with Crippen LogP contribution in [-0.4, -0.2) is 41.1 Å². The first-order valence-electron chi connectivity index (χ1n) is 13.5. The maximum Gasteiger partial charge on any atom is 0.416 e. The van der Waals surface area contributed by atoms with Crippen LogP contribution >= 0.6 is 0 Å². The van der Waals surface area contributed by atoms with Gasteiger partial charge in [-0.2, -0.15) is 26.3 Å². The fourth-order valence-electron chi connectivity index (χ4n) is 5.42. The van der Waals surface area contributed by atoms with Gasteiger partial charge in [-0.3, -0.25) is 9.59 Å². The maximum absolute atomic E-state index is 13.8. The first-order valence-corrected chi connectivity index (χ1v) is 13.5. The molecule has 4 rings (SSSR count). The molecule has 5 nitrogen and oxygen atoms in total. The molecule has 2 atom stereocenters. The second-order valence-electron chi connectivity index (χ2n) is 10.5. The molecule has 44 heavy (non-hydrogen) atoms. The van der Waals surface area contributed by atoms with E-state index in [-0.39, 0.29) is 37.6 Å². The number of piperidine rings is 1. The molecule has 0 spiro atoms. The van der Waals surface area contributed by atoms with E-state index in [1.54, 1.807) is 0 Å². The predicted octanol–water partition coefficient (Wildman–Crippen LogP) is 7.43. The van der Waals surface area contributed by atoms with Crippen molar-refractivity contribution in [1.29, 1.82) is 0 Å². The van der Waals surface area contributed by atoms with Crippen LogP contribution in [-0.2, 0) is 33.3 Å². The molecule has 0 aliphatic carbocycles. The van der Waals surface area contributed by atoms with Crippen LogP contribution in [0.3, 0.4) is 0 Å². The molecular weight excluding hydrogens is 602 g/mol. The molecule has 1 amide bonds. The molecule has 3 aromatic rings. The first-order chi connectivity index (χ1) is 20.6. The molecule has 1 aliphatic heterocycles. The van der Waals surface area contributed by atoms with E-state index >= 15 is 0 Å². The molecule has 0 bridgehead atoms. The summed E-state index contributed by atoms with van der Waals surface area (Å²) in [6.07, 6.45) is -11.5. The standard InChI is InChI=1S/C31H27F8NO4/c32-23-5-1-19(2-6-23)29(20-3-7-24(33)8-4-20)25-16-40(27(41)9-10-28(42)43)12-11-26(25)44-17-18-13-21(30(34,35)36)15-22(14-18)31(37,38)39/h1-8,13-15,25-26,29H,9-12,16-17H2,(H,42,43). The molecule has 0 radical (unpaired) electrons. The lowest BCUT2D eigenvalue weighted by molar-refractivity contribution is -0.144. The number of likely N-dealkylation sites (tertiary alicyclic amines) is 1. The Morgan fingerprint density at radius 2 is 1.32 bits per heavy atom. The number of rotatable bonds is 9. The number of carboxylic acid groups (broad SMARTS) is 1. The van der Waals surface area contributed by atoms with Gasteiger partial charge >= 0.3 is 18.3 Å². The van der Waals surface area contributed by atoms with Crippen molar-refractivity contribution in [1.82, 2.24) is 4.90 Å². The maximum atomic E-state index is 13.8. The summed E-state index contributed by atoms with van der Waals surface area (Å²) in [4.78, 5) is 25.3. The Balaban J connectivity index is 1.71. The molecule has 1 heterocycles. The lowest BCUT2D eigenvalue weighted by Crippen LogP contribution is -2.49. The van der Waals surface area contributed by atoms with Gasteiger partial charge in [0, 0.05) is 31.3 Å². The fraction of sp³-hybridized carbons (Fsp3) is 0.355. The third-order valence-corrected chi connectivity index (χ3v) is 7.50. The zero-order valence-corrected chi connectivity index (χ0v) is 23.0. The summed E-state index contributed by atoms with van der Waals surface area (Å²) in [5.41, 5.74) is -2.27. The molecular formula is C31H27F8NO4. The van der Waals surface area contributed by atoms with Crippen molar-refractivity contribution >= 4 is 11.9 Å². The minimum atomic E-state index is -5.05. The molecule has 0 saturated carbocycles. The lowest BCUT2D eigenvalue weighted by Gasteiger charge is -2.42. The minimum absolute atomic E-state index is 0.0205. The van der Waals surface area contributed by atoms with Gasteiger partial charge in [-0.15, -0.1) is 0 Å². The molecule has 1 aliphatic rings. The second kappa shape index (κ2) is 13.3. The molecule has 1 saturated heterocycles. The Labute approximate surface area is 247 Å². The van der Waals surface area contributed by atoms with Gasteiger partial charge < -0.3 is 14.7 Å². The van der Waals surface area contributed by atoms with Crippen molar-refractivity contribution in [3.05, 3.63) is 106 Å². The summed E-state index contributed by atoms with van der Waals surface area (Å²) in [7, 11) is 0. The molecule has 236 valence electrons. The Morgan fingerprint density at radius 1 is 0.818 bits per heavy atom. The largest absolute Gasteiger partial charge is 0.481 e. The van der Waals surface area contributed by atoms with Gasteiger partial charge in [-0.05, 0) is 65.6 Å². The minimum Gasteiger partial charge on any atom is -0.481 e. The molecule has 1 fully saturated rings. The topological polar surface area (TPSA) is 66.8 Å². The van der Waals surface area contributed by atoms with Crippen molar-refractivity contribution in [3.8, 4) is 0 Å². The van der Waals surface area contributed by atoms with Gasteiger partial charge in [0.25, 0.3) is 0 Å². The Morgan fingerprint density at radius 3 is 1.77 bits per heavy atom. The average Bonchev–Trinajstić information content (AvgIpc) is 2.96. The van der Waals surface area contributed by atoms with Crippen molar-refractivity contribution in [2.75, 3.05) is 13.1 Å². The fourth-order valence-corrected chi connectivity index (χ4v) is 5.42. The normalized spacial score (nSPS) is 17.6. The number of ether oxygens (including phenoxy) is 1. The van der Waals surface area contributed by atoms with Gasteiger partial charge in [-0.25, -0.2) is 8.78 Å². The van der Waals surface area contributed by atoms with Gasteiger partial charge in [0.05, 0.1) is 30.3 Å². The zero-order valence-electron chi connectivity index (χ0n) is 23.0. The molecule has 13 heteroatoms. The predicted molar refractivity (Wildman–Crippen MR) is 141 cm³/mol. The smallest absolute Gasteiger partial charge is 0.416 e. The zero-order chi connectivity index (χ0) is 32.2. The number of aliphatic carboxylic acids is 1. The SMILES string of the molecule is O=C(O)CCC(=O)N1CCC(OCc2cc(C(F)(F)F)cc(C(F)(F)F)c2)C(C(c2ccc(F)cc2)c2ccc(F)cc2)C1. The summed E-state index contributed by atoms with van der Waals surface area (Å²) in [6, 6.07) is 11.9. The number of amides is 1. The number of hydrogen-bond donors (Lipinski definition) is 1. The molecule has 3 aromatic carbocycles. The van der Waals surface area contributed by atoms with E-state index in [2.05, 4.69) is 0 Å². The summed E-state index contributed by atoms with van der Waals surface area (Å²) < 4.78 is 114. The summed E-state index contributed by atoms with van der Waals surface area (Å²) in [5, 5.41) is 9.01. The van der Waals surface area contributed by atoms with Crippen LogP contribution < -0.4 is 0 Å². The number of alkyl halides is 6. The van der Waals surface area contributed by atoms with Crippen LogP contribution in [0.15, 0.2) is 66.7 Å². The van der Waals surface area contributed by atoms with Gasteiger partial charge in [0.2, 0.25) is 5.91 Å². The van der Waals surface area contributed by atoms with E-state index in [0.717, 1.165) is 0 Å². The lowest BCUT2D eigenvalue weighted by atomic mass is 9.75. The third-order valence-electron chi connectivity index (χ3n) is 7.50. The Hall–Kier alpha value is -4.00. The number of halogens is 8. The Bertz CT molecular complexity index is 1380. The number of carbonyl (C=O) groups excluding carboxylic acids is 1. The van der Waals surface area contributed by atoms with Crippen LogP contribution in [0.2, 0.25) is 0 Å². The highest BCUT2D eigenvalue weighted by Gasteiger charge is 2.40. The van der Waals surface area contributed by atoms with Crippen molar-refractivity contribution in [2.45, 2.75) is 50.2 Å². The number of hydrogen-bond acceptors (Lipinski definition) is 3. The van der Waals surface area contributed by atoms with Crippen molar-refractivity contribution in [3.63, 3.8) is 0 Å². The average molecular weight is 630 g/mol. The van der Waals surface area contributed by atoms with Crippen LogP contribution in [0.1, 0.15) is 53.0 Å². The van der Waals surface area contributed by atoms with E-state index in [4.69, 9.17) is 9.84 Å². The van der Waals surface area contributed by atoms with E-state index < -0.39 is 78.0 Å². The van der Waals surface area contributed by atoms with Crippen LogP contribution in [0, 0.1) is 17.6 Å². The number of benzene rings is 3. The van der Waals surface area contributed by atoms with E-state index in [1.807, 2.05) is 0 Å². The summed E-state index contributed by atoms with van der Waals surface area (Å²) in [5.74, 6) is -4.11. The highest BCUT2D eigenvalue weighted by Crippen LogP contribution is 2.40. The van der Waals surface area contributed by atoms with E-state index in [9.17, 15) is 44.7 Å². The number of carboxylic acids is 1. The van der Waals surface area contributed by atoms with Gasteiger partial charge in [-0.1, -0.05) is 24.3 Å².